The maximum Gasteiger partial charge on any atom is 0.272 e. The second-order valence-electron chi connectivity index (χ2n) is 5.30. The van der Waals surface area contributed by atoms with Crippen molar-refractivity contribution < 1.29 is 14.7 Å². The summed E-state index contributed by atoms with van der Waals surface area (Å²) in [6.45, 7) is -0.136. The third kappa shape index (κ3) is 3.50. The molecule has 1 aliphatic rings. The van der Waals surface area contributed by atoms with Gasteiger partial charge in [-0.05, 0) is 24.3 Å². The number of aliphatic hydroxyl groups is 1. The predicted molar refractivity (Wildman–Crippen MR) is 107 cm³/mol. The molecule has 0 atom stereocenters. The van der Waals surface area contributed by atoms with Gasteiger partial charge in [0.1, 0.15) is 0 Å². The van der Waals surface area contributed by atoms with Crippen molar-refractivity contribution >= 4 is 69.6 Å². The highest BCUT2D eigenvalue weighted by Crippen LogP contribution is 2.42. The molecule has 0 fully saturated rings. The molecule has 26 heavy (non-hydrogen) atoms. The van der Waals surface area contributed by atoms with Gasteiger partial charge in [-0.1, -0.05) is 53.0 Å². The highest BCUT2D eigenvalue weighted by molar-refractivity contribution is 8.04. The molecular weight excluding hydrogens is 417 g/mol. The summed E-state index contributed by atoms with van der Waals surface area (Å²) in [7, 11) is 0. The van der Waals surface area contributed by atoms with Crippen LogP contribution in [0.25, 0.3) is 5.57 Å². The predicted octanol–water partition coefficient (Wildman–Crippen LogP) is 4.66. The van der Waals surface area contributed by atoms with Crippen molar-refractivity contribution in [1.29, 1.82) is 0 Å². The van der Waals surface area contributed by atoms with Crippen molar-refractivity contribution in [2.45, 2.75) is 0 Å². The lowest BCUT2D eigenvalue weighted by Crippen LogP contribution is -2.31. The third-order valence-corrected chi connectivity index (χ3v) is 5.59. The van der Waals surface area contributed by atoms with E-state index in [1.165, 1.54) is 6.07 Å². The molecule has 4 nitrogen and oxygen atoms in total. The average Bonchev–Trinajstić information content (AvgIpc) is 2.84. The Morgan fingerprint density at radius 3 is 2.35 bits per heavy atom. The highest BCUT2D eigenvalue weighted by Gasteiger charge is 2.41. The van der Waals surface area contributed by atoms with Crippen LogP contribution < -0.4 is 4.90 Å². The molecule has 0 radical (unpaired) electrons. The molecular formula is C18H12Cl3NO3S. The maximum absolute atomic E-state index is 13.1. The first-order valence-corrected chi connectivity index (χ1v) is 9.64. The van der Waals surface area contributed by atoms with Gasteiger partial charge in [0.15, 0.2) is 0 Å². The zero-order chi connectivity index (χ0) is 18.8. The number of para-hydroxylation sites is 1. The van der Waals surface area contributed by atoms with Crippen LogP contribution in [-0.4, -0.2) is 29.3 Å². The lowest BCUT2D eigenvalue weighted by molar-refractivity contribution is -0.119. The van der Waals surface area contributed by atoms with E-state index in [1.54, 1.807) is 36.4 Å². The normalized spacial score (nSPS) is 14.5. The Hall–Kier alpha value is -1.50. The summed E-state index contributed by atoms with van der Waals surface area (Å²) in [5.74, 6) is -0.755. The molecule has 0 saturated carbocycles. The third-order valence-electron chi connectivity index (χ3n) is 3.67. The van der Waals surface area contributed by atoms with Crippen LogP contribution in [0.1, 0.15) is 5.56 Å². The van der Waals surface area contributed by atoms with Gasteiger partial charge in [-0.25, -0.2) is 4.90 Å². The van der Waals surface area contributed by atoms with Gasteiger partial charge in [0, 0.05) is 16.3 Å². The van der Waals surface area contributed by atoms with Gasteiger partial charge in [0.2, 0.25) is 0 Å². The summed E-state index contributed by atoms with van der Waals surface area (Å²) < 4.78 is 0. The van der Waals surface area contributed by atoms with E-state index in [0.29, 0.717) is 16.3 Å². The first kappa shape index (κ1) is 19.3. The van der Waals surface area contributed by atoms with E-state index in [1.807, 2.05) is 0 Å². The second-order valence-corrected chi connectivity index (χ2v) is 7.65. The second kappa shape index (κ2) is 8.03. The molecule has 2 amide bonds. The summed E-state index contributed by atoms with van der Waals surface area (Å²) >= 11 is 19.5. The molecule has 0 bridgehead atoms. The quantitative estimate of drug-likeness (QED) is 0.704. The molecule has 2 aromatic carbocycles. The van der Waals surface area contributed by atoms with E-state index in [-0.39, 0.29) is 32.9 Å². The summed E-state index contributed by atoms with van der Waals surface area (Å²) in [6.07, 6.45) is 0. The zero-order valence-electron chi connectivity index (χ0n) is 13.2. The van der Waals surface area contributed by atoms with Crippen molar-refractivity contribution in [2.24, 2.45) is 0 Å². The Morgan fingerprint density at radius 2 is 1.69 bits per heavy atom. The average molecular weight is 429 g/mol. The van der Waals surface area contributed by atoms with Crippen LogP contribution in [0.4, 0.5) is 5.69 Å². The number of halogens is 3. The van der Waals surface area contributed by atoms with Crippen LogP contribution in [0.3, 0.4) is 0 Å². The van der Waals surface area contributed by atoms with E-state index >= 15 is 0 Å². The number of carbonyl (C=O) groups excluding carboxylic acids is 2. The Bertz CT molecular complexity index is 930. The lowest BCUT2D eigenvalue weighted by Gasteiger charge is -2.16. The number of nitrogens with zero attached hydrogens (tertiary/aromatic N) is 1. The van der Waals surface area contributed by atoms with E-state index in [0.717, 1.165) is 16.7 Å². The molecule has 0 spiro atoms. The summed E-state index contributed by atoms with van der Waals surface area (Å²) in [4.78, 5) is 27.3. The lowest BCUT2D eigenvalue weighted by atomic mass is 10.1. The van der Waals surface area contributed by atoms with Crippen molar-refractivity contribution in [3.05, 3.63) is 68.0 Å². The number of carbonyl (C=O) groups is 2. The fourth-order valence-electron chi connectivity index (χ4n) is 2.57. The molecule has 0 aromatic heterocycles. The van der Waals surface area contributed by atoms with E-state index in [2.05, 4.69) is 0 Å². The van der Waals surface area contributed by atoms with Gasteiger partial charge < -0.3 is 5.11 Å². The van der Waals surface area contributed by atoms with Crippen molar-refractivity contribution in [3.63, 3.8) is 0 Å². The number of rotatable bonds is 5. The van der Waals surface area contributed by atoms with Gasteiger partial charge in [-0.15, -0.1) is 11.8 Å². The minimum absolute atomic E-state index is 0.136. The highest BCUT2D eigenvalue weighted by atomic mass is 35.5. The molecule has 0 saturated heterocycles. The smallest absolute Gasteiger partial charge is 0.272 e. The van der Waals surface area contributed by atoms with E-state index in [4.69, 9.17) is 39.9 Å². The minimum Gasteiger partial charge on any atom is -0.396 e. The van der Waals surface area contributed by atoms with Gasteiger partial charge in [0.05, 0.1) is 32.8 Å². The van der Waals surface area contributed by atoms with Gasteiger partial charge >= 0.3 is 0 Å². The van der Waals surface area contributed by atoms with Crippen LogP contribution >= 0.6 is 46.6 Å². The van der Waals surface area contributed by atoms with E-state index < -0.39 is 11.8 Å². The van der Waals surface area contributed by atoms with Crippen LogP contribution in [0.2, 0.25) is 15.1 Å². The minimum atomic E-state index is -0.521. The topological polar surface area (TPSA) is 57.6 Å². The number of anilines is 1. The number of amides is 2. The molecule has 8 heteroatoms. The zero-order valence-corrected chi connectivity index (χ0v) is 16.3. The fraction of sp³-hybridized carbons (Fsp3) is 0.111. The number of hydrogen-bond donors (Lipinski definition) is 1. The largest absolute Gasteiger partial charge is 0.396 e. The number of benzene rings is 2. The molecule has 1 heterocycles. The summed E-state index contributed by atoms with van der Waals surface area (Å²) in [5, 5.41) is 10.1. The SMILES string of the molecule is O=C1C(SCCO)=C(c2ccc(Cl)cc2Cl)C(=O)N1c1ccccc1Cl. The Balaban J connectivity index is 2.14. The number of imide groups is 1. The fourth-order valence-corrected chi connectivity index (χ4v) is 4.15. The Labute approximate surface area is 169 Å². The number of aliphatic hydroxyl groups excluding tert-OH is 1. The van der Waals surface area contributed by atoms with Crippen LogP contribution in [0.5, 0.6) is 0 Å². The van der Waals surface area contributed by atoms with Crippen molar-refractivity contribution in [2.75, 3.05) is 17.3 Å². The first-order valence-electron chi connectivity index (χ1n) is 7.52. The van der Waals surface area contributed by atoms with Crippen LogP contribution in [-0.2, 0) is 9.59 Å². The van der Waals surface area contributed by atoms with Crippen LogP contribution in [0.15, 0.2) is 47.4 Å². The van der Waals surface area contributed by atoms with Crippen LogP contribution in [0, 0.1) is 0 Å². The maximum atomic E-state index is 13.1. The molecule has 134 valence electrons. The Kier molecular flexibility index (Phi) is 5.95. The monoisotopic (exact) mass is 427 g/mol. The first-order chi connectivity index (χ1) is 12.5. The molecule has 3 rings (SSSR count). The summed E-state index contributed by atoms with van der Waals surface area (Å²) in [5.41, 5.74) is 0.880. The van der Waals surface area contributed by atoms with Gasteiger partial charge in [0.25, 0.3) is 11.8 Å². The van der Waals surface area contributed by atoms with Crippen molar-refractivity contribution in [3.8, 4) is 0 Å². The Morgan fingerprint density at radius 1 is 0.962 bits per heavy atom. The number of thioether (sulfide) groups is 1. The summed E-state index contributed by atoms with van der Waals surface area (Å²) in [6, 6.07) is 11.3. The van der Waals surface area contributed by atoms with E-state index in [9.17, 15) is 9.59 Å². The van der Waals surface area contributed by atoms with Crippen molar-refractivity contribution in [1.82, 2.24) is 0 Å². The molecule has 0 unspecified atom stereocenters. The van der Waals surface area contributed by atoms with Gasteiger partial charge in [-0.2, -0.15) is 0 Å². The molecule has 1 aliphatic heterocycles. The molecule has 2 aromatic rings. The number of hydrogen-bond acceptors (Lipinski definition) is 4. The molecule has 0 aliphatic carbocycles. The molecule has 1 N–H and O–H groups in total. The standard InChI is InChI=1S/C18H12Cl3NO3S/c19-10-5-6-11(13(21)9-10)15-16(26-8-7-23)18(25)22(17(15)24)14-4-2-1-3-12(14)20/h1-6,9,23H,7-8H2. The van der Waals surface area contributed by atoms with Gasteiger partial charge in [-0.3, -0.25) is 9.59 Å².